The van der Waals surface area contributed by atoms with Crippen LogP contribution in [-0.4, -0.2) is 32.0 Å². The van der Waals surface area contributed by atoms with Crippen molar-refractivity contribution in [1.82, 2.24) is 24.9 Å². The predicted octanol–water partition coefficient (Wildman–Crippen LogP) is 0.927. The van der Waals surface area contributed by atoms with E-state index in [0.29, 0.717) is 5.82 Å². The van der Waals surface area contributed by atoms with Gasteiger partial charge < -0.3 is 5.32 Å². The van der Waals surface area contributed by atoms with Crippen molar-refractivity contribution in [2.45, 2.75) is 13.0 Å². The Hall–Kier alpha value is -3.29. The van der Waals surface area contributed by atoms with Crippen LogP contribution in [-0.2, 0) is 17.8 Å². The highest BCUT2D eigenvalue weighted by Crippen LogP contribution is 2.03. The van der Waals surface area contributed by atoms with E-state index < -0.39 is 0 Å². The highest BCUT2D eigenvalue weighted by molar-refractivity contribution is 5.78. The number of nitrogens with one attached hydrogen (secondary N) is 1. The minimum atomic E-state index is -0.341. The van der Waals surface area contributed by atoms with Gasteiger partial charge in [-0.05, 0) is 29.8 Å². The molecule has 0 aliphatic rings. The van der Waals surface area contributed by atoms with Crippen molar-refractivity contribution in [2.24, 2.45) is 0 Å². The van der Waals surface area contributed by atoms with E-state index in [1.165, 1.54) is 22.9 Å². The lowest BCUT2D eigenvalue weighted by molar-refractivity contribution is -0.120. The number of hydrogen-bond donors (Lipinski definition) is 1. The molecule has 1 amide bonds. The number of nitrogens with zero attached hydrogens (tertiary/aromatic N) is 4. The Morgan fingerprint density at radius 1 is 1.16 bits per heavy atom. The monoisotopic (exact) mass is 341 g/mol. The summed E-state index contributed by atoms with van der Waals surface area (Å²) in [4.78, 5) is 23.8. The summed E-state index contributed by atoms with van der Waals surface area (Å²) in [7, 11) is 0. The van der Waals surface area contributed by atoms with Gasteiger partial charge in [-0.3, -0.25) is 9.59 Å². The highest BCUT2D eigenvalue weighted by atomic mass is 19.1. The zero-order chi connectivity index (χ0) is 17.6. The Morgan fingerprint density at radius 3 is 2.68 bits per heavy atom. The molecule has 128 valence electrons. The molecular formula is C17H16FN5O2. The van der Waals surface area contributed by atoms with E-state index >= 15 is 0 Å². The van der Waals surface area contributed by atoms with Gasteiger partial charge in [-0.2, -0.15) is 5.10 Å². The summed E-state index contributed by atoms with van der Waals surface area (Å²) in [5.41, 5.74) is 0.457. The van der Waals surface area contributed by atoms with Crippen LogP contribution in [0.1, 0.15) is 5.56 Å². The molecule has 7 nitrogen and oxygen atoms in total. The van der Waals surface area contributed by atoms with Crippen molar-refractivity contribution < 1.29 is 9.18 Å². The molecular weight excluding hydrogens is 325 g/mol. The zero-order valence-corrected chi connectivity index (χ0v) is 13.3. The third kappa shape index (κ3) is 4.37. The fourth-order valence-electron chi connectivity index (χ4n) is 2.28. The fraction of sp³-hybridized carbons (Fsp3) is 0.176. The van der Waals surface area contributed by atoms with E-state index in [9.17, 15) is 14.0 Å². The molecule has 8 heteroatoms. The summed E-state index contributed by atoms with van der Waals surface area (Å²) < 4.78 is 15.7. The SMILES string of the molecule is O=C(Cc1ccc(F)cc1)NCCn1nc(-n2cccn2)ccc1=O. The number of rotatable bonds is 6. The van der Waals surface area contributed by atoms with Gasteiger partial charge in [-0.1, -0.05) is 12.1 Å². The molecule has 2 aromatic heterocycles. The number of aromatic nitrogens is 4. The third-order valence-corrected chi connectivity index (χ3v) is 3.52. The molecule has 1 aromatic carbocycles. The summed E-state index contributed by atoms with van der Waals surface area (Å²) >= 11 is 0. The first-order valence-corrected chi connectivity index (χ1v) is 7.71. The first kappa shape index (κ1) is 16.6. The lowest BCUT2D eigenvalue weighted by atomic mass is 10.1. The van der Waals surface area contributed by atoms with E-state index in [4.69, 9.17) is 0 Å². The smallest absolute Gasteiger partial charge is 0.266 e. The molecule has 0 spiro atoms. The summed E-state index contributed by atoms with van der Waals surface area (Å²) in [6, 6.07) is 10.5. The molecule has 3 aromatic rings. The van der Waals surface area contributed by atoms with Crippen molar-refractivity contribution in [2.75, 3.05) is 6.54 Å². The maximum atomic E-state index is 12.8. The Bertz CT molecular complexity index is 904. The van der Waals surface area contributed by atoms with Crippen LogP contribution in [0, 0.1) is 5.82 Å². The first-order valence-electron chi connectivity index (χ1n) is 7.71. The largest absolute Gasteiger partial charge is 0.354 e. The standard InChI is InChI=1S/C17H16FN5O2/c18-14-4-2-13(3-5-14)12-16(24)19-9-11-23-17(25)7-6-15(21-23)22-10-1-8-20-22/h1-8,10H,9,11-12H2,(H,19,24). The van der Waals surface area contributed by atoms with Crippen LogP contribution in [0.25, 0.3) is 5.82 Å². The topological polar surface area (TPSA) is 81.8 Å². The number of benzene rings is 1. The van der Waals surface area contributed by atoms with Crippen LogP contribution in [0.3, 0.4) is 0 Å². The van der Waals surface area contributed by atoms with E-state index in [-0.39, 0.29) is 36.8 Å². The summed E-state index contributed by atoms with van der Waals surface area (Å²) in [6.07, 6.45) is 3.49. The van der Waals surface area contributed by atoms with Crippen LogP contribution in [0.15, 0.2) is 59.7 Å². The van der Waals surface area contributed by atoms with Gasteiger partial charge in [-0.15, -0.1) is 5.10 Å². The minimum absolute atomic E-state index is 0.149. The summed E-state index contributed by atoms with van der Waals surface area (Å²) in [5.74, 6) is -0.0307. The molecule has 0 aliphatic carbocycles. The number of amides is 1. The lowest BCUT2D eigenvalue weighted by Crippen LogP contribution is -2.33. The second-order valence-electron chi connectivity index (χ2n) is 5.36. The molecule has 0 saturated carbocycles. The fourth-order valence-corrected chi connectivity index (χ4v) is 2.28. The predicted molar refractivity (Wildman–Crippen MR) is 88.7 cm³/mol. The average molecular weight is 341 g/mol. The number of hydrogen-bond acceptors (Lipinski definition) is 4. The van der Waals surface area contributed by atoms with E-state index in [1.807, 2.05) is 0 Å². The number of carbonyl (C=O) groups is 1. The van der Waals surface area contributed by atoms with Gasteiger partial charge in [0.1, 0.15) is 5.82 Å². The Balaban J connectivity index is 1.56. The molecule has 25 heavy (non-hydrogen) atoms. The van der Waals surface area contributed by atoms with Crippen molar-refractivity contribution >= 4 is 5.91 Å². The Morgan fingerprint density at radius 2 is 1.96 bits per heavy atom. The number of carbonyl (C=O) groups excluding carboxylic acids is 1. The van der Waals surface area contributed by atoms with Gasteiger partial charge in [0.15, 0.2) is 5.82 Å². The van der Waals surface area contributed by atoms with Gasteiger partial charge in [0.2, 0.25) is 5.91 Å². The van der Waals surface area contributed by atoms with Crippen molar-refractivity contribution in [3.63, 3.8) is 0 Å². The van der Waals surface area contributed by atoms with Crippen molar-refractivity contribution in [1.29, 1.82) is 0 Å². The molecule has 1 N–H and O–H groups in total. The minimum Gasteiger partial charge on any atom is -0.354 e. The van der Waals surface area contributed by atoms with E-state index in [2.05, 4.69) is 15.5 Å². The maximum absolute atomic E-state index is 12.8. The van der Waals surface area contributed by atoms with Gasteiger partial charge >= 0.3 is 0 Å². The van der Waals surface area contributed by atoms with Gasteiger partial charge in [0, 0.05) is 25.0 Å². The normalized spacial score (nSPS) is 10.6. The molecule has 0 aliphatic heterocycles. The lowest BCUT2D eigenvalue weighted by Gasteiger charge is -2.08. The summed E-state index contributed by atoms with van der Waals surface area (Å²) in [5, 5.41) is 11.0. The quantitative estimate of drug-likeness (QED) is 0.723. The van der Waals surface area contributed by atoms with E-state index in [1.54, 1.807) is 41.3 Å². The van der Waals surface area contributed by atoms with Crippen molar-refractivity contribution in [3.8, 4) is 5.82 Å². The maximum Gasteiger partial charge on any atom is 0.266 e. The number of halogens is 1. The average Bonchev–Trinajstić information content (AvgIpc) is 3.13. The van der Waals surface area contributed by atoms with E-state index in [0.717, 1.165) is 5.56 Å². The Labute approximate surface area is 142 Å². The van der Waals surface area contributed by atoms with Crippen LogP contribution < -0.4 is 10.9 Å². The molecule has 2 heterocycles. The first-order chi connectivity index (χ1) is 12.1. The molecule has 3 rings (SSSR count). The summed E-state index contributed by atoms with van der Waals surface area (Å²) in [6.45, 7) is 0.499. The molecule has 0 bridgehead atoms. The van der Waals surface area contributed by atoms with Crippen LogP contribution in [0.2, 0.25) is 0 Å². The molecule has 0 saturated heterocycles. The van der Waals surface area contributed by atoms with Gasteiger partial charge in [0.25, 0.3) is 5.56 Å². The second kappa shape index (κ2) is 7.52. The van der Waals surface area contributed by atoms with Crippen LogP contribution >= 0.6 is 0 Å². The Kier molecular flexibility index (Phi) is 4.98. The van der Waals surface area contributed by atoms with Crippen molar-refractivity contribution in [3.05, 3.63) is 76.6 Å². The third-order valence-electron chi connectivity index (χ3n) is 3.52. The highest BCUT2D eigenvalue weighted by Gasteiger charge is 2.06. The van der Waals surface area contributed by atoms with Crippen LogP contribution in [0.4, 0.5) is 4.39 Å². The van der Waals surface area contributed by atoms with Crippen LogP contribution in [0.5, 0.6) is 0 Å². The van der Waals surface area contributed by atoms with Gasteiger partial charge in [-0.25, -0.2) is 13.8 Å². The van der Waals surface area contributed by atoms with Gasteiger partial charge in [0.05, 0.1) is 13.0 Å². The molecule has 0 atom stereocenters. The second-order valence-corrected chi connectivity index (χ2v) is 5.36. The molecule has 0 radical (unpaired) electrons. The molecule has 0 fully saturated rings. The zero-order valence-electron chi connectivity index (χ0n) is 13.3. The molecule has 0 unspecified atom stereocenters.